The van der Waals surface area contributed by atoms with E-state index in [1.807, 2.05) is 0 Å². The normalized spacial score (nSPS) is 13.1. The van der Waals surface area contributed by atoms with Gasteiger partial charge in [0.1, 0.15) is 14.8 Å². The lowest BCUT2D eigenvalue weighted by Gasteiger charge is -2.17. The summed E-state index contributed by atoms with van der Waals surface area (Å²) in [6.45, 7) is 1.78. The van der Waals surface area contributed by atoms with Gasteiger partial charge in [-0.15, -0.1) is 0 Å². The minimum Gasteiger partial charge on any atom is -0.389 e. The number of nitrogens with one attached hydrogen (secondary N) is 1. The highest BCUT2D eigenvalue weighted by Gasteiger charge is 2.13. The number of hydrogen-bond acceptors (Lipinski definition) is 4. The van der Waals surface area contributed by atoms with Crippen molar-refractivity contribution in [3.63, 3.8) is 0 Å². The molecule has 0 amide bonds. The maximum Gasteiger partial charge on any atom is 0.149 e. The summed E-state index contributed by atoms with van der Waals surface area (Å²) in [7, 11) is -3.04. The van der Waals surface area contributed by atoms with Gasteiger partial charge in [-0.3, -0.25) is 0 Å². The Morgan fingerprint density at radius 2 is 2.17 bits per heavy atom. The zero-order valence-corrected chi connectivity index (χ0v) is 12.5. The highest BCUT2D eigenvalue weighted by Crippen LogP contribution is 2.21. The van der Waals surface area contributed by atoms with Gasteiger partial charge in [0.25, 0.3) is 0 Å². The van der Waals surface area contributed by atoms with Crippen molar-refractivity contribution in [1.82, 2.24) is 0 Å². The van der Waals surface area contributed by atoms with E-state index in [0.717, 1.165) is 0 Å². The molecule has 1 unspecified atom stereocenters. The predicted octanol–water partition coefficient (Wildman–Crippen LogP) is 1.82. The Labute approximate surface area is 117 Å². The molecule has 1 aromatic rings. The van der Waals surface area contributed by atoms with Crippen molar-refractivity contribution in [2.24, 2.45) is 5.73 Å². The number of sulfone groups is 1. The molecule has 1 aromatic carbocycles. The molecule has 0 saturated carbocycles. The molecule has 0 heterocycles. The van der Waals surface area contributed by atoms with Gasteiger partial charge in [0.05, 0.1) is 5.75 Å². The largest absolute Gasteiger partial charge is 0.389 e. The molecule has 0 spiro atoms. The molecule has 1 rings (SSSR count). The van der Waals surface area contributed by atoms with Crippen LogP contribution in [0, 0.1) is 0 Å². The number of nitrogens with two attached hydrogens (primary N) is 1. The number of rotatable bonds is 5. The number of benzene rings is 1. The Hall–Kier alpha value is -0.850. The lowest BCUT2D eigenvalue weighted by atomic mass is 10.1. The van der Waals surface area contributed by atoms with Crippen LogP contribution >= 0.6 is 23.8 Å². The highest BCUT2D eigenvalue weighted by molar-refractivity contribution is 7.90. The third-order valence-electron chi connectivity index (χ3n) is 2.20. The summed E-state index contributed by atoms with van der Waals surface area (Å²) in [4.78, 5) is 0.214. The van der Waals surface area contributed by atoms with Crippen LogP contribution in [-0.2, 0) is 9.84 Å². The lowest BCUT2D eigenvalue weighted by molar-refractivity contribution is 0.598. The van der Waals surface area contributed by atoms with Gasteiger partial charge < -0.3 is 11.1 Å². The molecular weight excluding hydrogens is 292 g/mol. The highest BCUT2D eigenvalue weighted by atomic mass is 35.5. The van der Waals surface area contributed by atoms with Gasteiger partial charge >= 0.3 is 0 Å². The number of thiocarbonyl (C=S) groups is 1. The van der Waals surface area contributed by atoms with Crippen molar-refractivity contribution in [1.29, 1.82) is 0 Å². The first kappa shape index (κ1) is 15.2. The minimum absolute atomic E-state index is 0.0341. The molecule has 0 aliphatic heterocycles. The molecule has 0 fully saturated rings. The zero-order chi connectivity index (χ0) is 13.9. The van der Waals surface area contributed by atoms with Crippen LogP contribution in [0.3, 0.4) is 0 Å². The molecule has 4 nitrogen and oxygen atoms in total. The van der Waals surface area contributed by atoms with Crippen LogP contribution in [0.25, 0.3) is 0 Å². The molecule has 0 aromatic heterocycles. The molecule has 18 heavy (non-hydrogen) atoms. The fraction of sp³-hybridized carbons (Fsp3) is 0.364. The minimum atomic E-state index is -3.04. The van der Waals surface area contributed by atoms with Gasteiger partial charge in [0, 0.05) is 28.6 Å². The quantitative estimate of drug-likeness (QED) is 0.812. The third-order valence-corrected chi connectivity index (χ3v) is 3.76. The number of hydrogen-bond donors (Lipinski definition) is 2. The van der Waals surface area contributed by atoms with Crippen LogP contribution in [0.1, 0.15) is 12.5 Å². The maximum absolute atomic E-state index is 11.2. The summed E-state index contributed by atoms with van der Waals surface area (Å²) in [5.41, 5.74) is 6.89. The van der Waals surface area contributed by atoms with E-state index in [9.17, 15) is 8.42 Å². The molecule has 0 saturated heterocycles. The van der Waals surface area contributed by atoms with E-state index in [1.54, 1.807) is 25.1 Å². The Morgan fingerprint density at radius 1 is 1.56 bits per heavy atom. The molecule has 0 aliphatic rings. The van der Waals surface area contributed by atoms with Gasteiger partial charge in [0.15, 0.2) is 0 Å². The standard InChI is InChI=1S/C11H15ClN2O2S2/c1-7(6-18(2,15)16)14-10-4-3-8(12)5-9(10)11(13)17/h3-5,7,14H,6H2,1-2H3,(H2,13,17). The summed E-state index contributed by atoms with van der Waals surface area (Å²) >= 11 is 10.8. The molecule has 0 radical (unpaired) electrons. The topological polar surface area (TPSA) is 72.2 Å². The zero-order valence-electron chi connectivity index (χ0n) is 10.1. The van der Waals surface area contributed by atoms with Gasteiger partial charge in [-0.2, -0.15) is 0 Å². The monoisotopic (exact) mass is 306 g/mol. The smallest absolute Gasteiger partial charge is 0.149 e. The van der Waals surface area contributed by atoms with Crippen LogP contribution < -0.4 is 11.1 Å². The average Bonchev–Trinajstić information content (AvgIpc) is 2.17. The van der Waals surface area contributed by atoms with Crippen LogP contribution in [0.2, 0.25) is 5.02 Å². The molecule has 7 heteroatoms. The van der Waals surface area contributed by atoms with Crippen molar-refractivity contribution in [3.8, 4) is 0 Å². The van der Waals surface area contributed by atoms with Crippen molar-refractivity contribution in [3.05, 3.63) is 28.8 Å². The molecule has 0 aliphatic carbocycles. The molecule has 0 bridgehead atoms. The van der Waals surface area contributed by atoms with Crippen LogP contribution in [0.4, 0.5) is 5.69 Å². The molecular formula is C11H15ClN2O2S2. The summed E-state index contributed by atoms with van der Waals surface area (Å²) < 4.78 is 22.4. The van der Waals surface area contributed by atoms with Crippen LogP contribution in [-0.4, -0.2) is 31.5 Å². The second kappa shape index (κ2) is 5.86. The summed E-state index contributed by atoms with van der Waals surface area (Å²) in [5.74, 6) is 0.0341. The van der Waals surface area contributed by atoms with E-state index in [1.165, 1.54) is 6.26 Å². The van der Waals surface area contributed by atoms with E-state index in [4.69, 9.17) is 29.6 Å². The van der Waals surface area contributed by atoms with Crippen LogP contribution in [0.15, 0.2) is 18.2 Å². The van der Waals surface area contributed by atoms with Gasteiger partial charge in [0.2, 0.25) is 0 Å². The third kappa shape index (κ3) is 4.80. The van der Waals surface area contributed by atoms with Crippen molar-refractivity contribution in [2.45, 2.75) is 13.0 Å². The van der Waals surface area contributed by atoms with E-state index >= 15 is 0 Å². The fourth-order valence-electron chi connectivity index (χ4n) is 1.61. The van der Waals surface area contributed by atoms with Crippen molar-refractivity contribution in [2.75, 3.05) is 17.3 Å². The first-order valence-corrected chi connectivity index (χ1v) is 8.07. The summed E-state index contributed by atoms with van der Waals surface area (Å²) in [6.07, 6.45) is 1.20. The van der Waals surface area contributed by atoms with Gasteiger partial charge in [-0.05, 0) is 25.1 Å². The Morgan fingerprint density at radius 3 is 2.67 bits per heavy atom. The van der Waals surface area contributed by atoms with Gasteiger partial charge in [-0.1, -0.05) is 23.8 Å². The number of anilines is 1. The first-order chi connectivity index (χ1) is 8.19. The van der Waals surface area contributed by atoms with Crippen LogP contribution in [0.5, 0.6) is 0 Å². The van der Waals surface area contributed by atoms with Crippen molar-refractivity contribution >= 4 is 44.3 Å². The second-order valence-corrected chi connectivity index (χ2v) is 7.25. The van der Waals surface area contributed by atoms with E-state index < -0.39 is 9.84 Å². The summed E-state index contributed by atoms with van der Waals surface area (Å²) in [6, 6.07) is 4.84. The lowest BCUT2D eigenvalue weighted by Crippen LogP contribution is -2.26. The fourth-order valence-corrected chi connectivity index (χ4v) is 2.94. The molecule has 3 N–H and O–H groups in total. The Kier molecular flexibility index (Phi) is 4.95. The van der Waals surface area contributed by atoms with E-state index in [-0.39, 0.29) is 16.8 Å². The average molecular weight is 307 g/mol. The molecule has 1 atom stereocenters. The summed E-state index contributed by atoms with van der Waals surface area (Å²) in [5, 5.41) is 3.60. The van der Waals surface area contributed by atoms with E-state index in [2.05, 4.69) is 5.32 Å². The Bertz CT molecular complexity index is 558. The Balaban J connectivity index is 2.94. The van der Waals surface area contributed by atoms with E-state index in [0.29, 0.717) is 16.3 Å². The predicted molar refractivity (Wildman–Crippen MR) is 80.1 cm³/mol. The molecule has 100 valence electrons. The van der Waals surface area contributed by atoms with Crippen molar-refractivity contribution < 1.29 is 8.42 Å². The maximum atomic E-state index is 11.2. The SMILES string of the molecule is CC(CS(C)(=O)=O)Nc1ccc(Cl)cc1C(N)=S. The van der Waals surface area contributed by atoms with Gasteiger partial charge in [-0.25, -0.2) is 8.42 Å². The number of halogens is 1. The second-order valence-electron chi connectivity index (χ2n) is 4.19. The first-order valence-electron chi connectivity index (χ1n) is 5.22.